The molecule has 0 radical (unpaired) electrons. The maximum absolute atomic E-state index is 12.3. The normalized spacial score (nSPS) is 18.9. The third-order valence-corrected chi connectivity index (χ3v) is 5.31. The van der Waals surface area contributed by atoms with Crippen molar-refractivity contribution in [1.82, 2.24) is 8.61 Å². The minimum Gasteiger partial charge on any atom is -0.481 e. The van der Waals surface area contributed by atoms with Crippen molar-refractivity contribution in [3.63, 3.8) is 0 Å². The summed E-state index contributed by atoms with van der Waals surface area (Å²) in [5, 5.41) is 17.8. The quantitative estimate of drug-likeness (QED) is 0.673. The summed E-state index contributed by atoms with van der Waals surface area (Å²) in [5.74, 6) is -1.32. The van der Waals surface area contributed by atoms with Crippen molar-refractivity contribution < 1.29 is 23.4 Å². The van der Waals surface area contributed by atoms with E-state index in [0.717, 1.165) is 0 Å². The average Bonchev–Trinajstić information content (AvgIpc) is 2.38. The van der Waals surface area contributed by atoms with Gasteiger partial charge in [0, 0.05) is 26.2 Å². The zero-order valence-electron chi connectivity index (χ0n) is 11.2. The summed E-state index contributed by atoms with van der Waals surface area (Å²) in [7, 11) is -3.58. The maximum Gasteiger partial charge on any atom is 0.306 e. The number of hydrogen-bond acceptors (Lipinski definition) is 4. The zero-order valence-corrected chi connectivity index (χ0v) is 12.0. The van der Waals surface area contributed by atoms with E-state index in [2.05, 4.69) is 0 Å². The van der Waals surface area contributed by atoms with Gasteiger partial charge in [-0.3, -0.25) is 4.79 Å². The molecule has 1 heterocycles. The molecule has 0 bridgehead atoms. The van der Waals surface area contributed by atoms with Gasteiger partial charge in [-0.25, -0.2) is 0 Å². The molecular weight excluding hydrogens is 272 g/mol. The van der Waals surface area contributed by atoms with Crippen molar-refractivity contribution in [3.8, 4) is 0 Å². The van der Waals surface area contributed by atoms with E-state index in [1.807, 2.05) is 6.92 Å². The highest BCUT2D eigenvalue weighted by Crippen LogP contribution is 2.21. The monoisotopic (exact) mass is 294 g/mol. The van der Waals surface area contributed by atoms with E-state index in [0.29, 0.717) is 25.8 Å². The van der Waals surface area contributed by atoms with Gasteiger partial charge in [0.2, 0.25) is 0 Å². The van der Waals surface area contributed by atoms with Crippen LogP contribution in [0.15, 0.2) is 0 Å². The fourth-order valence-electron chi connectivity index (χ4n) is 2.20. The van der Waals surface area contributed by atoms with Gasteiger partial charge in [-0.15, -0.1) is 0 Å². The fraction of sp³-hybridized carbons (Fsp3) is 0.909. The molecule has 0 aromatic rings. The summed E-state index contributed by atoms with van der Waals surface area (Å²) in [6.45, 7) is 2.55. The number of rotatable bonds is 7. The Morgan fingerprint density at radius 2 is 1.89 bits per heavy atom. The molecule has 0 saturated carbocycles. The molecule has 112 valence electrons. The summed E-state index contributed by atoms with van der Waals surface area (Å²) in [6, 6.07) is 0. The van der Waals surface area contributed by atoms with Crippen LogP contribution in [-0.4, -0.2) is 66.0 Å². The molecule has 2 N–H and O–H groups in total. The first kappa shape index (κ1) is 16.4. The van der Waals surface area contributed by atoms with E-state index in [4.69, 9.17) is 10.2 Å². The van der Waals surface area contributed by atoms with Crippen molar-refractivity contribution in [3.05, 3.63) is 0 Å². The van der Waals surface area contributed by atoms with E-state index in [1.54, 1.807) is 0 Å². The number of aliphatic hydroxyl groups is 1. The van der Waals surface area contributed by atoms with Crippen LogP contribution in [-0.2, 0) is 15.0 Å². The topological polar surface area (TPSA) is 98.2 Å². The summed E-state index contributed by atoms with van der Waals surface area (Å²) >= 11 is 0. The molecule has 0 atom stereocenters. The van der Waals surface area contributed by atoms with E-state index in [9.17, 15) is 13.2 Å². The van der Waals surface area contributed by atoms with Gasteiger partial charge in [0.15, 0.2) is 0 Å². The minimum atomic E-state index is -3.58. The Morgan fingerprint density at radius 3 is 2.32 bits per heavy atom. The highest BCUT2D eigenvalue weighted by molar-refractivity contribution is 7.86. The van der Waals surface area contributed by atoms with Gasteiger partial charge < -0.3 is 10.2 Å². The van der Waals surface area contributed by atoms with Crippen molar-refractivity contribution in [2.75, 3.05) is 32.8 Å². The Bertz CT molecular complexity index is 384. The molecule has 8 heteroatoms. The van der Waals surface area contributed by atoms with E-state index >= 15 is 0 Å². The third-order valence-electron chi connectivity index (χ3n) is 3.28. The molecule has 7 nitrogen and oxygen atoms in total. The smallest absolute Gasteiger partial charge is 0.306 e. The second-order valence-electron chi connectivity index (χ2n) is 4.64. The first-order valence-corrected chi connectivity index (χ1v) is 7.92. The van der Waals surface area contributed by atoms with Crippen LogP contribution in [0.2, 0.25) is 0 Å². The third kappa shape index (κ3) is 4.13. The van der Waals surface area contributed by atoms with Gasteiger partial charge in [-0.2, -0.15) is 17.0 Å². The number of carbonyl (C=O) groups is 1. The fourth-order valence-corrected chi connectivity index (χ4v) is 3.92. The van der Waals surface area contributed by atoms with Crippen LogP contribution in [0.4, 0.5) is 0 Å². The van der Waals surface area contributed by atoms with Gasteiger partial charge in [-0.05, 0) is 19.3 Å². The first-order chi connectivity index (χ1) is 8.93. The Morgan fingerprint density at radius 1 is 1.32 bits per heavy atom. The predicted molar refractivity (Wildman–Crippen MR) is 69.8 cm³/mol. The van der Waals surface area contributed by atoms with Crippen LogP contribution < -0.4 is 0 Å². The Balaban J connectivity index is 2.70. The molecule has 0 aromatic heterocycles. The molecule has 0 spiro atoms. The molecule has 1 saturated heterocycles. The lowest BCUT2D eigenvalue weighted by Crippen LogP contribution is -2.48. The van der Waals surface area contributed by atoms with Crippen molar-refractivity contribution in [1.29, 1.82) is 0 Å². The van der Waals surface area contributed by atoms with Crippen LogP contribution in [0.1, 0.15) is 26.2 Å². The average molecular weight is 294 g/mol. The lowest BCUT2D eigenvalue weighted by Gasteiger charge is -2.33. The summed E-state index contributed by atoms with van der Waals surface area (Å²) in [4.78, 5) is 10.8. The van der Waals surface area contributed by atoms with Gasteiger partial charge in [-0.1, -0.05) is 6.92 Å². The van der Waals surface area contributed by atoms with E-state index in [-0.39, 0.29) is 26.2 Å². The zero-order chi connectivity index (χ0) is 14.5. The summed E-state index contributed by atoms with van der Waals surface area (Å²) < 4.78 is 27.2. The van der Waals surface area contributed by atoms with E-state index in [1.165, 1.54) is 8.61 Å². The SMILES string of the molecule is CCCN(CCO)S(=O)(=O)N1CCC(C(=O)O)CC1. The standard InChI is InChI=1S/C11H22N2O5S/c1-2-5-12(8-9-14)19(17,18)13-6-3-10(4-7-13)11(15)16/h10,14H,2-9H2,1H3,(H,15,16). The van der Waals surface area contributed by atoms with Crippen molar-refractivity contribution in [2.45, 2.75) is 26.2 Å². The van der Waals surface area contributed by atoms with Gasteiger partial charge in [0.05, 0.1) is 12.5 Å². The van der Waals surface area contributed by atoms with Gasteiger partial charge in [0.25, 0.3) is 10.2 Å². The number of hydrogen-bond donors (Lipinski definition) is 2. The number of aliphatic carboxylic acids is 1. The molecule has 0 amide bonds. The van der Waals surface area contributed by atoms with Crippen LogP contribution >= 0.6 is 0 Å². The molecule has 1 aliphatic rings. The number of aliphatic hydroxyl groups excluding tert-OH is 1. The second kappa shape index (κ2) is 7.18. The molecule has 1 rings (SSSR count). The number of carboxylic acid groups (broad SMARTS) is 1. The molecule has 0 unspecified atom stereocenters. The molecule has 0 aromatic carbocycles. The highest BCUT2D eigenvalue weighted by Gasteiger charge is 2.34. The lowest BCUT2D eigenvalue weighted by molar-refractivity contribution is -0.142. The van der Waals surface area contributed by atoms with Gasteiger partial charge >= 0.3 is 5.97 Å². The lowest BCUT2D eigenvalue weighted by atomic mass is 9.99. The van der Waals surface area contributed by atoms with Crippen LogP contribution in [0.25, 0.3) is 0 Å². The Labute approximate surface area is 114 Å². The van der Waals surface area contributed by atoms with Crippen LogP contribution in [0.3, 0.4) is 0 Å². The predicted octanol–water partition coefficient (Wildman–Crippen LogP) is -0.268. The summed E-state index contributed by atoms with van der Waals surface area (Å²) in [5.41, 5.74) is 0. The largest absolute Gasteiger partial charge is 0.481 e. The molecule has 1 fully saturated rings. The minimum absolute atomic E-state index is 0.0784. The first-order valence-electron chi connectivity index (χ1n) is 6.52. The Kier molecular flexibility index (Phi) is 6.18. The number of nitrogens with zero attached hydrogens (tertiary/aromatic N) is 2. The van der Waals surface area contributed by atoms with Crippen molar-refractivity contribution >= 4 is 16.2 Å². The van der Waals surface area contributed by atoms with Crippen LogP contribution in [0.5, 0.6) is 0 Å². The molecule has 1 aliphatic heterocycles. The summed E-state index contributed by atoms with van der Waals surface area (Å²) in [6.07, 6.45) is 1.35. The molecule has 0 aliphatic carbocycles. The molecular formula is C11H22N2O5S. The number of carboxylic acids is 1. The van der Waals surface area contributed by atoms with E-state index < -0.39 is 22.1 Å². The van der Waals surface area contributed by atoms with Crippen molar-refractivity contribution in [2.24, 2.45) is 5.92 Å². The maximum atomic E-state index is 12.3. The number of piperidine rings is 1. The highest BCUT2D eigenvalue weighted by atomic mass is 32.2. The Hall–Kier alpha value is -0.700. The second-order valence-corrected chi connectivity index (χ2v) is 6.57. The van der Waals surface area contributed by atoms with Gasteiger partial charge in [0.1, 0.15) is 0 Å². The van der Waals surface area contributed by atoms with Crippen LogP contribution in [0, 0.1) is 5.92 Å². The molecule has 19 heavy (non-hydrogen) atoms.